The lowest BCUT2D eigenvalue weighted by atomic mass is 10.1. The summed E-state index contributed by atoms with van der Waals surface area (Å²) in [7, 11) is 1.67. The molecule has 0 atom stereocenters. The van der Waals surface area contributed by atoms with Crippen LogP contribution < -0.4 is 14.4 Å². The van der Waals surface area contributed by atoms with Crippen molar-refractivity contribution in [2.75, 3.05) is 44.8 Å². The first-order valence-corrected chi connectivity index (χ1v) is 14.5. The maximum Gasteiger partial charge on any atom is 0.253 e. The smallest absolute Gasteiger partial charge is 0.253 e. The van der Waals surface area contributed by atoms with Gasteiger partial charge < -0.3 is 23.8 Å². The number of fused-ring (bicyclic) bond motifs is 1. The second kappa shape index (κ2) is 12.3. The normalized spacial score (nSPS) is 13.4. The Kier molecular flexibility index (Phi) is 8.03. The Morgan fingerprint density at radius 1 is 0.881 bits per heavy atom. The molecule has 0 spiro atoms. The Morgan fingerprint density at radius 3 is 2.40 bits per heavy atom. The van der Waals surface area contributed by atoms with Crippen LogP contribution in [0, 0.1) is 0 Å². The summed E-state index contributed by atoms with van der Waals surface area (Å²) < 4.78 is 13.3. The summed E-state index contributed by atoms with van der Waals surface area (Å²) in [4.78, 5) is 27.0. The second-order valence-corrected chi connectivity index (χ2v) is 10.4. The lowest BCUT2D eigenvalue weighted by molar-refractivity contribution is 0.0746. The molecule has 1 aliphatic rings. The maximum atomic E-state index is 13.3. The number of aromatic nitrogens is 3. The summed E-state index contributed by atoms with van der Waals surface area (Å²) in [6.07, 6.45) is 5.86. The fourth-order valence-electron chi connectivity index (χ4n) is 5.41. The van der Waals surface area contributed by atoms with E-state index in [9.17, 15) is 4.79 Å². The zero-order valence-electron chi connectivity index (χ0n) is 24.1. The Hall–Kier alpha value is -4.85. The third-order valence-corrected chi connectivity index (χ3v) is 7.71. The van der Waals surface area contributed by atoms with Gasteiger partial charge in [0, 0.05) is 49.6 Å². The molecule has 214 valence electrons. The minimum atomic E-state index is 0.0387. The van der Waals surface area contributed by atoms with Crippen molar-refractivity contribution in [3.63, 3.8) is 0 Å². The highest BCUT2D eigenvalue weighted by molar-refractivity contribution is 6.02. The molecule has 6 rings (SSSR count). The molecule has 3 heterocycles. The first kappa shape index (κ1) is 27.3. The maximum absolute atomic E-state index is 13.3. The van der Waals surface area contributed by atoms with Crippen LogP contribution >= 0.6 is 0 Å². The fraction of sp³-hybridized carbons (Fsp3) is 0.265. The van der Waals surface area contributed by atoms with Gasteiger partial charge >= 0.3 is 0 Å². The molecule has 0 aliphatic carbocycles. The number of nitrogens with zero attached hydrogens (tertiary/aromatic N) is 5. The van der Waals surface area contributed by atoms with Gasteiger partial charge in [-0.05, 0) is 48.4 Å². The third kappa shape index (κ3) is 5.52. The van der Waals surface area contributed by atoms with Gasteiger partial charge in [-0.3, -0.25) is 4.79 Å². The van der Waals surface area contributed by atoms with E-state index in [-0.39, 0.29) is 5.91 Å². The molecular weight excluding hydrogens is 526 g/mol. The van der Waals surface area contributed by atoms with Gasteiger partial charge in [0.05, 0.1) is 24.8 Å². The summed E-state index contributed by atoms with van der Waals surface area (Å²) in [6, 6.07) is 25.8. The van der Waals surface area contributed by atoms with Gasteiger partial charge in [0.2, 0.25) is 0 Å². The lowest BCUT2D eigenvalue weighted by Gasteiger charge is -2.35. The average Bonchev–Trinajstić information content (AvgIpc) is 3.45. The summed E-state index contributed by atoms with van der Waals surface area (Å²) in [5, 5.41) is 0.991. The molecule has 8 heteroatoms. The molecule has 1 saturated heterocycles. The molecule has 0 N–H and O–H groups in total. The topological polar surface area (TPSA) is 72.7 Å². The number of carbonyl (C=O) groups excluding carboxylic acids is 1. The number of piperazine rings is 1. The van der Waals surface area contributed by atoms with Crippen LogP contribution in [-0.2, 0) is 0 Å². The fourth-order valence-corrected chi connectivity index (χ4v) is 5.41. The lowest BCUT2D eigenvalue weighted by Crippen LogP contribution is -2.49. The number of hydrogen-bond acceptors (Lipinski definition) is 6. The number of hydrogen-bond donors (Lipinski definition) is 0. The van der Waals surface area contributed by atoms with Gasteiger partial charge in [-0.2, -0.15) is 0 Å². The monoisotopic (exact) mass is 561 g/mol. The van der Waals surface area contributed by atoms with E-state index in [0.29, 0.717) is 38.3 Å². The third-order valence-electron chi connectivity index (χ3n) is 7.71. The van der Waals surface area contributed by atoms with Gasteiger partial charge in [-0.1, -0.05) is 49.7 Å². The van der Waals surface area contributed by atoms with Crippen molar-refractivity contribution in [1.82, 2.24) is 19.4 Å². The standard InChI is InChI=1S/C34H35N5O3/c1-3-4-21-42-28-15-13-26(14-16-28)34(40)38-19-17-37(18-20-38)32-31-30(25-9-6-5-7-10-25)23-39(33(31)36-24-35-32)27-11-8-12-29(22-27)41-2/h5-16,22-24H,3-4,17-21H2,1-2H3. The molecule has 0 bridgehead atoms. The number of anilines is 1. The van der Waals surface area contributed by atoms with Gasteiger partial charge in [0.25, 0.3) is 5.91 Å². The highest BCUT2D eigenvalue weighted by atomic mass is 16.5. The van der Waals surface area contributed by atoms with E-state index in [4.69, 9.17) is 19.4 Å². The average molecular weight is 562 g/mol. The Balaban J connectivity index is 1.27. The van der Waals surface area contributed by atoms with Gasteiger partial charge in [0.15, 0.2) is 5.65 Å². The number of carbonyl (C=O) groups is 1. The van der Waals surface area contributed by atoms with E-state index in [1.165, 1.54) is 0 Å². The first-order chi connectivity index (χ1) is 20.7. The molecule has 1 aliphatic heterocycles. The molecule has 0 saturated carbocycles. The number of benzene rings is 3. The van der Waals surface area contributed by atoms with E-state index in [1.54, 1.807) is 13.4 Å². The van der Waals surface area contributed by atoms with E-state index in [1.807, 2.05) is 71.6 Å². The zero-order chi connectivity index (χ0) is 28.9. The van der Waals surface area contributed by atoms with Crippen molar-refractivity contribution in [3.8, 4) is 28.3 Å². The minimum absolute atomic E-state index is 0.0387. The summed E-state index contributed by atoms with van der Waals surface area (Å²) in [5.41, 5.74) is 4.62. The summed E-state index contributed by atoms with van der Waals surface area (Å²) in [5.74, 6) is 2.50. The molecule has 1 amide bonds. The number of ether oxygens (including phenoxy) is 2. The van der Waals surface area contributed by atoms with Gasteiger partial charge in [0.1, 0.15) is 23.6 Å². The molecule has 42 heavy (non-hydrogen) atoms. The van der Waals surface area contributed by atoms with Crippen molar-refractivity contribution in [2.45, 2.75) is 19.8 Å². The largest absolute Gasteiger partial charge is 0.497 e. The van der Waals surface area contributed by atoms with Crippen LogP contribution in [0.2, 0.25) is 0 Å². The number of methoxy groups -OCH3 is 1. The SMILES string of the molecule is CCCCOc1ccc(C(=O)N2CCN(c3ncnc4c3c(-c3ccccc3)cn4-c3cccc(OC)c3)CC2)cc1. The van der Waals surface area contributed by atoms with Crippen molar-refractivity contribution in [2.24, 2.45) is 0 Å². The summed E-state index contributed by atoms with van der Waals surface area (Å²) in [6.45, 7) is 5.39. The van der Waals surface area contributed by atoms with E-state index >= 15 is 0 Å². The predicted octanol–water partition coefficient (Wildman–Crippen LogP) is 6.24. The molecule has 0 unspecified atom stereocenters. The van der Waals surface area contributed by atoms with E-state index < -0.39 is 0 Å². The highest BCUT2D eigenvalue weighted by Crippen LogP contribution is 2.37. The molecule has 3 aromatic carbocycles. The minimum Gasteiger partial charge on any atom is -0.497 e. The van der Waals surface area contributed by atoms with E-state index in [2.05, 4.69) is 34.7 Å². The molecular formula is C34H35N5O3. The van der Waals surface area contributed by atoms with Crippen LogP contribution in [0.5, 0.6) is 11.5 Å². The Bertz CT molecular complexity index is 1660. The highest BCUT2D eigenvalue weighted by Gasteiger charge is 2.26. The Labute approximate surface area is 246 Å². The first-order valence-electron chi connectivity index (χ1n) is 14.5. The van der Waals surface area contributed by atoms with Crippen molar-refractivity contribution < 1.29 is 14.3 Å². The molecule has 8 nitrogen and oxygen atoms in total. The van der Waals surface area contributed by atoms with Gasteiger partial charge in [-0.25, -0.2) is 9.97 Å². The van der Waals surface area contributed by atoms with Crippen molar-refractivity contribution in [1.29, 1.82) is 0 Å². The van der Waals surface area contributed by atoms with Crippen molar-refractivity contribution in [3.05, 3.63) is 97.0 Å². The number of unbranched alkanes of at least 4 members (excludes halogenated alkanes) is 1. The second-order valence-electron chi connectivity index (χ2n) is 10.4. The number of amides is 1. The Morgan fingerprint density at radius 2 is 1.67 bits per heavy atom. The van der Waals surface area contributed by atoms with Crippen LogP contribution in [0.4, 0.5) is 5.82 Å². The van der Waals surface area contributed by atoms with Crippen molar-refractivity contribution >= 4 is 22.8 Å². The van der Waals surface area contributed by atoms with Crippen LogP contribution in [0.1, 0.15) is 30.1 Å². The molecule has 2 aromatic heterocycles. The van der Waals surface area contributed by atoms with Gasteiger partial charge in [-0.15, -0.1) is 0 Å². The van der Waals surface area contributed by atoms with Crippen LogP contribution in [-0.4, -0.2) is 65.2 Å². The van der Waals surface area contributed by atoms with Crippen LogP contribution in [0.3, 0.4) is 0 Å². The van der Waals surface area contributed by atoms with Crippen LogP contribution in [0.15, 0.2) is 91.4 Å². The predicted molar refractivity (Wildman–Crippen MR) is 166 cm³/mol. The summed E-state index contributed by atoms with van der Waals surface area (Å²) >= 11 is 0. The zero-order valence-corrected chi connectivity index (χ0v) is 24.1. The molecule has 1 fully saturated rings. The van der Waals surface area contributed by atoms with E-state index in [0.717, 1.165) is 58.0 Å². The quantitative estimate of drug-likeness (QED) is 0.199. The number of rotatable bonds is 9. The van der Waals surface area contributed by atoms with Crippen LogP contribution in [0.25, 0.3) is 27.8 Å². The molecule has 5 aromatic rings. The molecule has 0 radical (unpaired) electrons.